The predicted molar refractivity (Wildman–Crippen MR) is 56.1 cm³/mol. The zero-order valence-corrected chi connectivity index (χ0v) is 8.98. The van der Waals surface area contributed by atoms with Gasteiger partial charge in [0.05, 0.1) is 26.3 Å². The van der Waals surface area contributed by atoms with Gasteiger partial charge in [-0.25, -0.2) is 4.79 Å². The van der Waals surface area contributed by atoms with Gasteiger partial charge in [-0.2, -0.15) is 0 Å². The Kier molecular flexibility index (Phi) is 3.82. The Bertz CT molecular complexity index is 391. The second-order valence-electron chi connectivity index (χ2n) is 2.99. The van der Waals surface area contributed by atoms with Gasteiger partial charge in [-0.3, -0.25) is 0 Å². The number of hydrogen-bond acceptors (Lipinski definition) is 4. The number of carboxylic acid groups (broad SMARTS) is 1. The Balaban J connectivity index is 3.01. The van der Waals surface area contributed by atoms with Crippen LogP contribution >= 0.6 is 0 Å². The van der Waals surface area contributed by atoms with E-state index < -0.39 is 6.09 Å². The quantitative estimate of drug-likeness (QED) is 0.718. The summed E-state index contributed by atoms with van der Waals surface area (Å²) in [5.74, 6) is 0.726. The molecule has 1 amide bonds. The second kappa shape index (κ2) is 5.11. The average molecular weight is 227 g/mol. The molecule has 0 aliphatic carbocycles. The molecule has 1 aromatic rings. The molecular formula is C10H13NO5. The number of nitrogens with one attached hydrogen (secondary N) is 1. The van der Waals surface area contributed by atoms with Gasteiger partial charge in [0, 0.05) is 12.1 Å². The summed E-state index contributed by atoms with van der Waals surface area (Å²) in [5.41, 5.74) is 0.366. The van der Waals surface area contributed by atoms with Gasteiger partial charge in [-0.15, -0.1) is 0 Å². The molecule has 0 unspecified atom stereocenters. The minimum Gasteiger partial charge on any atom is -0.507 e. The van der Waals surface area contributed by atoms with Gasteiger partial charge in [0.2, 0.25) is 0 Å². The van der Waals surface area contributed by atoms with Crippen molar-refractivity contribution in [2.45, 2.75) is 6.54 Å². The first-order chi connectivity index (χ1) is 7.58. The van der Waals surface area contributed by atoms with E-state index in [0.29, 0.717) is 17.1 Å². The number of hydrogen-bond donors (Lipinski definition) is 3. The zero-order chi connectivity index (χ0) is 12.1. The van der Waals surface area contributed by atoms with Crippen molar-refractivity contribution in [2.24, 2.45) is 0 Å². The number of phenols is 1. The molecule has 88 valence electrons. The molecule has 1 aromatic carbocycles. The maximum Gasteiger partial charge on any atom is 0.404 e. The van der Waals surface area contributed by atoms with E-state index in [9.17, 15) is 9.90 Å². The molecule has 6 heteroatoms. The fourth-order valence-corrected chi connectivity index (χ4v) is 1.25. The van der Waals surface area contributed by atoms with Crippen LogP contribution in [-0.2, 0) is 6.54 Å². The molecule has 0 atom stereocenters. The number of ether oxygens (including phenoxy) is 2. The first kappa shape index (κ1) is 12.0. The fourth-order valence-electron chi connectivity index (χ4n) is 1.25. The van der Waals surface area contributed by atoms with Crippen LogP contribution in [0.2, 0.25) is 0 Å². The van der Waals surface area contributed by atoms with Gasteiger partial charge >= 0.3 is 6.09 Å². The fraction of sp³-hybridized carbons (Fsp3) is 0.300. The highest BCUT2D eigenvalue weighted by atomic mass is 16.5. The van der Waals surface area contributed by atoms with Crippen LogP contribution in [0.3, 0.4) is 0 Å². The summed E-state index contributed by atoms with van der Waals surface area (Å²) in [6, 6.07) is 2.96. The van der Waals surface area contributed by atoms with Crippen LogP contribution in [0, 0.1) is 0 Å². The summed E-state index contributed by atoms with van der Waals surface area (Å²) in [5, 5.41) is 20.3. The van der Waals surface area contributed by atoms with Gasteiger partial charge in [-0.1, -0.05) is 0 Å². The number of aromatic hydroxyl groups is 1. The molecule has 3 N–H and O–H groups in total. The highest BCUT2D eigenvalue weighted by molar-refractivity contribution is 5.65. The molecule has 16 heavy (non-hydrogen) atoms. The van der Waals surface area contributed by atoms with Gasteiger partial charge < -0.3 is 25.0 Å². The molecule has 1 rings (SSSR count). The second-order valence-corrected chi connectivity index (χ2v) is 2.99. The molecule has 6 nitrogen and oxygen atoms in total. The van der Waals surface area contributed by atoms with Gasteiger partial charge in [0.25, 0.3) is 0 Å². The molecule has 0 bridgehead atoms. The van der Waals surface area contributed by atoms with E-state index in [2.05, 4.69) is 5.32 Å². The Hall–Kier alpha value is -2.11. The van der Waals surface area contributed by atoms with Crippen LogP contribution in [0.1, 0.15) is 5.56 Å². The third kappa shape index (κ3) is 2.69. The van der Waals surface area contributed by atoms with Gasteiger partial charge in [0.15, 0.2) is 0 Å². The van der Waals surface area contributed by atoms with Crippen LogP contribution in [0.4, 0.5) is 4.79 Å². The van der Waals surface area contributed by atoms with Crippen LogP contribution < -0.4 is 14.8 Å². The first-order valence-corrected chi connectivity index (χ1v) is 4.49. The lowest BCUT2D eigenvalue weighted by molar-refractivity contribution is 0.193. The van der Waals surface area contributed by atoms with Crippen molar-refractivity contribution in [1.82, 2.24) is 5.32 Å². The minimum absolute atomic E-state index is 0.0334. The molecule has 0 aliphatic rings. The van der Waals surface area contributed by atoms with E-state index in [-0.39, 0.29) is 12.3 Å². The normalized spacial score (nSPS) is 9.62. The number of amides is 1. The van der Waals surface area contributed by atoms with E-state index >= 15 is 0 Å². The van der Waals surface area contributed by atoms with Crippen molar-refractivity contribution in [1.29, 1.82) is 0 Å². The van der Waals surface area contributed by atoms with Gasteiger partial charge in [-0.05, 0) is 0 Å². The molecule has 0 saturated heterocycles. The van der Waals surface area contributed by atoms with Crippen molar-refractivity contribution in [3.05, 3.63) is 17.7 Å². The Labute approximate surface area is 92.4 Å². The maximum atomic E-state index is 10.3. The standard InChI is InChI=1S/C10H13NO5/c1-15-6-3-8(12)7(5-11-10(13)14)9(4-6)16-2/h3-4,11-12H,5H2,1-2H3,(H,13,14). The van der Waals surface area contributed by atoms with E-state index in [1.807, 2.05) is 0 Å². The van der Waals surface area contributed by atoms with Crippen LogP contribution in [0.5, 0.6) is 17.2 Å². The largest absolute Gasteiger partial charge is 0.507 e. The average Bonchev–Trinajstić information content (AvgIpc) is 2.26. The zero-order valence-electron chi connectivity index (χ0n) is 8.98. The molecule has 0 saturated carbocycles. The lowest BCUT2D eigenvalue weighted by Gasteiger charge is -2.12. The Morgan fingerprint density at radius 3 is 2.56 bits per heavy atom. The van der Waals surface area contributed by atoms with Crippen LogP contribution in [-0.4, -0.2) is 30.5 Å². The van der Waals surface area contributed by atoms with Crippen LogP contribution in [0.15, 0.2) is 12.1 Å². The SMILES string of the molecule is COc1cc(O)c(CNC(=O)O)c(OC)c1. The molecule has 0 aromatic heterocycles. The van der Waals surface area contributed by atoms with Crippen LogP contribution in [0.25, 0.3) is 0 Å². The lowest BCUT2D eigenvalue weighted by atomic mass is 10.1. The van der Waals surface area contributed by atoms with E-state index in [1.54, 1.807) is 6.07 Å². The van der Waals surface area contributed by atoms with E-state index in [4.69, 9.17) is 14.6 Å². The lowest BCUT2D eigenvalue weighted by Crippen LogP contribution is -2.20. The molecule has 0 radical (unpaired) electrons. The summed E-state index contributed by atoms with van der Waals surface area (Å²) in [6.07, 6.45) is -1.17. The smallest absolute Gasteiger partial charge is 0.404 e. The number of methoxy groups -OCH3 is 2. The number of phenolic OH excluding ortho intramolecular Hbond substituents is 1. The maximum absolute atomic E-state index is 10.3. The van der Waals surface area contributed by atoms with Crippen molar-refractivity contribution < 1.29 is 24.5 Å². The monoisotopic (exact) mass is 227 g/mol. The highest BCUT2D eigenvalue weighted by Crippen LogP contribution is 2.32. The van der Waals surface area contributed by atoms with E-state index in [1.165, 1.54) is 20.3 Å². The van der Waals surface area contributed by atoms with Gasteiger partial charge in [0.1, 0.15) is 17.2 Å². The predicted octanol–water partition coefficient (Wildman–Crippen LogP) is 1.18. The summed E-state index contributed by atoms with van der Waals surface area (Å²) in [6.45, 7) is -0.0334. The van der Waals surface area contributed by atoms with E-state index in [0.717, 1.165) is 0 Å². The topological polar surface area (TPSA) is 88.0 Å². The third-order valence-electron chi connectivity index (χ3n) is 2.03. The number of carbonyl (C=O) groups is 1. The van der Waals surface area contributed by atoms with Crippen molar-refractivity contribution in [3.63, 3.8) is 0 Å². The summed E-state index contributed by atoms with van der Waals surface area (Å²) in [7, 11) is 2.89. The van der Waals surface area contributed by atoms with Crippen molar-refractivity contribution in [3.8, 4) is 17.2 Å². The summed E-state index contributed by atoms with van der Waals surface area (Å²) < 4.78 is 9.97. The first-order valence-electron chi connectivity index (χ1n) is 4.49. The van der Waals surface area contributed by atoms with Crippen molar-refractivity contribution >= 4 is 6.09 Å². The number of benzene rings is 1. The van der Waals surface area contributed by atoms with Crippen molar-refractivity contribution in [2.75, 3.05) is 14.2 Å². The third-order valence-corrected chi connectivity index (χ3v) is 2.03. The Morgan fingerprint density at radius 1 is 1.38 bits per heavy atom. The molecule has 0 spiro atoms. The molecular weight excluding hydrogens is 214 g/mol. The molecule has 0 heterocycles. The summed E-state index contributed by atoms with van der Waals surface area (Å²) in [4.78, 5) is 10.3. The molecule has 0 fully saturated rings. The Morgan fingerprint density at radius 2 is 2.06 bits per heavy atom. The highest BCUT2D eigenvalue weighted by Gasteiger charge is 2.12. The molecule has 0 aliphatic heterocycles. The number of rotatable bonds is 4. The summed E-state index contributed by atoms with van der Waals surface area (Å²) >= 11 is 0. The minimum atomic E-state index is -1.17.